The first-order valence-electron chi connectivity index (χ1n) is 10.8. The zero-order chi connectivity index (χ0) is 22.2. The summed E-state index contributed by atoms with van der Waals surface area (Å²) in [4.78, 5) is 17.1. The summed E-state index contributed by atoms with van der Waals surface area (Å²) < 4.78 is 65.7. The first kappa shape index (κ1) is 22.2. The molecule has 0 aromatic heterocycles. The molecule has 31 heavy (non-hydrogen) atoms. The second kappa shape index (κ2) is 8.52. The number of alkyl halides is 3. The van der Waals surface area contributed by atoms with Crippen LogP contribution in [0.1, 0.15) is 44.1 Å². The molecule has 1 unspecified atom stereocenters. The smallest absolute Gasteiger partial charge is 0.406 e. The number of ether oxygens (including phenoxy) is 1. The van der Waals surface area contributed by atoms with Crippen molar-refractivity contribution < 1.29 is 31.1 Å². The lowest BCUT2D eigenvalue weighted by Gasteiger charge is -2.38. The molecule has 1 aromatic rings. The number of hydrogen-bond acceptors (Lipinski definition) is 5. The van der Waals surface area contributed by atoms with Crippen LogP contribution in [0.2, 0.25) is 0 Å². The number of sulfone groups is 1. The van der Waals surface area contributed by atoms with Crippen molar-refractivity contribution in [2.75, 3.05) is 29.5 Å². The van der Waals surface area contributed by atoms with E-state index in [2.05, 4.69) is 4.74 Å². The fourth-order valence-corrected chi connectivity index (χ4v) is 6.85. The fraction of sp³-hybridized carbons (Fsp3) is 0.667. The zero-order valence-electron chi connectivity index (χ0n) is 17.2. The summed E-state index contributed by atoms with van der Waals surface area (Å²) in [6.07, 6.45) is 0.888. The summed E-state index contributed by atoms with van der Waals surface area (Å²) in [7, 11) is -3.12. The van der Waals surface area contributed by atoms with Crippen molar-refractivity contribution >= 4 is 21.4 Å². The van der Waals surface area contributed by atoms with E-state index >= 15 is 0 Å². The molecule has 2 aliphatic heterocycles. The number of benzene rings is 1. The van der Waals surface area contributed by atoms with Gasteiger partial charge in [0.1, 0.15) is 5.75 Å². The molecule has 1 aromatic carbocycles. The first-order chi connectivity index (χ1) is 14.6. The Bertz CT molecular complexity index is 929. The van der Waals surface area contributed by atoms with Crippen molar-refractivity contribution in [3.63, 3.8) is 0 Å². The number of halogens is 3. The van der Waals surface area contributed by atoms with E-state index in [1.807, 2.05) is 9.80 Å². The molecule has 10 heteroatoms. The van der Waals surface area contributed by atoms with Crippen molar-refractivity contribution in [2.45, 2.75) is 63.4 Å². The SMILES string of the molecule is O=C(CN1CCCc2cc(OC(F)(F)F)ccc21)N(C1CCCC1)C1CCS(=O)(=O)C1. The van der Waals surface area contributed by atoms with Gasteiger partial charge in [-0.3, -0.25) is 4.79 Å². The minimum atomic E-state index is -4.75. The Morgan fingerprint density at radius 1 is 1.13 bits per heavy atom. The van der Waals surface area contributed by atoms with E-state index in [1.54, 1.807) is 6.07 Å². The molecule has 0 bridgehead atoms. The highest BCUT2D eigenvalue weighted by Gasteiger charge is 2.39. The van der Waals surface area contributed by atoms with Gasteiger partial charge in [0.05, 0.1) is 18.1 Å². The van der Waals surface area contributed by atoms with E-state index in [0.29, 0.717) is 19.4 Å². The number of aryl methyl sites for hydroxylation is 1. The monoisotopic (exact) mass is 460 g/mol. The van der Waals surface area contributed by atoms with E-state index < -0.39 is 16.2 Å². The first-order valence-corrected chi connectivity index (χ1v) is 12.6. The minimum absolute atomic E-state index is 0.0178. The highest BCUT2D eigenvalue weighted by Crippen LogP contribution is 2.34. The van der Waals surface area contributed by atoms with Gasteiger partial charge >= 0.3 is 6.36 Å². The van der Waals surface area contributed by atoms with Gasteiger partial charge in [-0.05, 0) is 55.9 Å². The van der Waals surface area contributed by atoms with Crippen molar-refractivity contribution in [1.82, 2.24) is 4.90 Å². The van der Waals surface area contributed by atoms with Crippen molar-refractivity contribution in [3.8, 4) is 5.75 Å². The predicted molar refractivity (Wildman–Crippen MR) is 110 cm³/mol. The molecule has 1 amide bonds. The van der Waals surface area contributed by atoms with E-state index in [-0.39, 0.29) is 41.8 Å². The van der Waals surface area contributed by atoms with Gasteiger partial charge in [0.15, 0.2) is 9.84 Å². The quantitative estimate of drug-likeness (QED) is 0.675. The van der Waals surface area contributed by atoms with Gasteiger partial charge in [-0.25, -0.2) is 8.42 Å². The molecule has 1 atom stereocenters. The van der Waals surface area contributed by atoms with Crippen LogP contribution in [0.15, 0.2) is 18.2 Å². The van der Waals surface area contributed by atoms with Gasteiger partial charge in [0.25, 0.3) is 0 Å². The number of nitrogens with zero attached hydrogens (tertiary/aromatic N) is 2. The molecule has 2 heterocycles. The van der Waals surface area contributed by atoms with Crippen LogP contribution in [-0.4, -0.2) is 62.3 Å². The number of carbonyl (C=O) groups excluding carboxylic acids is 1. The Morgan fingerprint density at radius 3 is 2.52 bits per heavy atom. The standard InChI is InChI=1S/C21H27F3N2O4S/c22-21(23,24)30-18-7-8-19-15(12-18)4-3-10-25(19)13-20(27)26(16-5-1-2-6-16)17-9-11-31(28,29)14-17/h7-8,12,16-17H,1-6,9-11,13-14H2. The van der Waals surface area contributed by atoms with Crippen LogP contribution in [0.4, 0.5) is 18.9 Å². The molecule has 0 N–H and O–H groups in total. The molecule has 6 nitrogen and oxygen atoms in total. The number of carbonyl (C=O) groups is 1. The second-order valence-electron chi connectivity index (χ2n) is 8.66. The molecule has 2 fully saturated rings. The Labute approximate surface area is 180 Å². The molecular weight excluding hydrogens is 433 g/mol. The Kier molecular flexibility index (Phi) is 6.11. The topological polar surface area (TPSA) is 66.9 Å². The lowest BCUT2D eigenvalue weighted by atomic mass is 10.0. The van der Waals surface area contributed by atoms with Gasteiger partial charge in [-0.1, -0.05) is 12.8 Å². The van der Waals surface area contributed by atoms with Gasteiger partial charge in [0, 0.05) is 24.3 Å². The van der Waals surface area contributed by atoms with Crippen LogP contribution in [-0.2, 0) is 21.1 Å². The zero-order valence-corrected chi connectivity index (χ0v) is 18.1. The van der Waals surface area contributed by atoms with Crippen LogP contribution >= 0.6 is 0 Å². The maximum atomic E-state index is 13.4. The van der Waals surface area contributed by atoms with Crippen LogP contribution in [0.3, 0.4) is 0 Å². The summed E-state index contributed by atoms with van der Waals surface area (Å²) in [6, 6.07) is 4.01. The second-order valence-corrected chi connectivity index (χ2v) is 10.9. The fourth-order valence-electron chi connectivity index (χ4n) is 5.14. The van der Waals surface area contributed by atoms with Crippen molar-refractivity contribution in [3.05, 3.63) is 23.8 Å². The number of anilines is 1. The highest BCUT2D eigenvalue weighted by atomic mass is 32.2. The van der Waals surface area contributed by atoms with Crippen LogP contribution < -0.4 is 9.64 Å². The lowest BCUT2D eigenvalue weighted by molar-refractivity contribution is -0.274. The summed E-state index contributed by atoms with van der Waals surface area (Å²) in [5, 5.41) is 0. The average Bonchev–Trinajstić information content (AvgIpc) is 3.31. The van der Waals surface area contributed by atoms with E-state index in [9.17, 15) is 26.4 Å². The summed E-state index contributed by atoms with van der Waals surface area (Å²) in [5.41, 5.74) is 1.45. The van der Waals surface area contributed by atoms with Crippen molar-refractivity contribution in [2.24, 2.45) is 0 Å². The number of hydrogen-bond donors (Lipinski definition) is 0. The average molecular weight is 461 g/mol. The van der Waals surface area contributed by atoms with Gasteiger partial charge in [-0.2, -0.15) is 0 Å². The van der Waals surface area contributed by atoms with Gasteiger partial charge < -0.3 is 14.5 Å². The third-order valence-corrected chi connectivity index (χ3v) is 8.18. The normalized spacial score (nSPS) is 23.6. The van der Waals surface area contributed by atoms with E-state index in [0.717, 1.165) is 43.4 Å². The molecule has 1 saturated carbocycles. The molecular formula is C21H27F3N2O4S. The Morgan fingerprint density at radius 2 is 1.87 bits per heavy atom. The molecule has 172 valence electrons. The Hall–Kier alpha value is -1.97. The number of amides is 1. The predicted octanol–water partition coefficient (Wildman–Crippen LogP) is 3.30. The summed E-state index contributed by atoms with van der Waals surface area (Å²) in [6.45, 7) is 0.721. The lowest BCUT2D eigenvalue weighted by Crippen LogP contribution is -2.51. The third-order valence-electron chi connectivity index (χ3n) is 6.43. The van der Waals surface area contributed by atoms with Crippen LogP contribution in [0, 0.1) is 0 Å². The third kappa shape index (κ3) is 5.27. The minimum Gasteiger partial charge on any atom is -0.406 e. The summed E-state index contributed by atoms with van der Waals surface area (Å²) >= 11 is 0. The van der Waals surface area contributed by atoms with E-state index in [1.165, 1.54) is 12.1 Å². The molecule has 4 rings (SSSR count). The maximum Gasteiger partial charge on any atom is 0.573 e. The molecule has 0 radical (unpaired) electrons. The maximum absolute atomic E-state index is 13.4. The van der Waals surface area contributed by atoms with E-state index in [4.69, 9.17) is 0 Å². The van der Waals surface area contributed by atoms with Gasteiger partial charge in [-0.15, -0.1) is 13.2 Å². The number of fused-ring (bicyclic) bond motifs is 1. The largest absolute Gasteiger partial charge is 0.573 e. The van der Waals surface area contributed by atoms with Gasteiger partial charge in [0.2, 0.25) is 5.91 Å². The molecule has 1 saturated heterocycles. The van der Waals surface area contributed by atoms with Crippen LogP contribution in [0.25, 0.3) is 0 Å². The summed E-state index contributed by atoms with van der Waals surface area (Å²) in [5.74, 6) is -0.229. The Balaban J connectivity index is 1.52. The van der Waals surface area contributed by atoms with Crippen LogP contribution in [0.5, 0.6) is 5.75 Å². The number of rotatable bonds is 5. The highest BCUT2D eigenvalue weighted by molar-refractivity contribution is 7.91. The van der Waals surface area contributed by atoms with Crippen molar-refractivity contribution in [1.29, 1.82) is 0 Å². The molecule has 3 aliphatic rings. The molecule has 1 aliphatic carbocycles. The molecule has 0 spiro atoms.